The number of hydrogen-bond donors (Lipinski definition) is 1. The van der Waals surface area contributed by atoms with Gasteiger partial charge in [-0.05, 0) is 47.9 Å². The van der Waals surface area contributed by atoms with E-state index in [2.05, 4.69) is 41.3 Å². The zero-order chi connectivity index (χ0) is 12.6. The van der Waals surface area contributed by atoms with Crippen LogP contribution in [0, 0.1) is 5.92 Å². The summed E-state index contributed by atoms with van der Waals surface area (Å²) in [7, 11) is 1.73. The fourth-order valence-corrected chi connectivity index (χ4v) is 3.50. The second-order valence-corrected chi connectivity index (χ2v) is 6.16. The van der Waals surface area contributed by atoms with Crippen molar-refractivity contribution in [1.29, 1.82) is 0 Å². The Labute approximate surface area is 114 Å². The molecule has 1 N–H and O–H groups in total. The maximum Gasteiger partial charge on any atom is 0.0713 e. The molecular weight excluding hydrogens is 242 g/mol. The van der Waals surface area contributed by atoms with E-state index >= 15 is 0 Å². The van der Waals surface area contributed by atoms with Crippen molar-refractivity contribution in [1.82, 2.24) is 5.32 Å². The molecule has 18 heavy (non-hydrogen) atoms. The predicted molar refractivity (Wildman–Crippen MR) is 78.9 cm³/mol. The molecule has 2 nitrogen and oxygen atoms in total. The van der Waals surface area contributed by atoms with Gasteiger partial charge in [-0.15, -0.1) is 0 Å². The fraction of sp³-hybridized carbons (Fsp3) is 0.600. The Balaban J connectivity index is 1.69. The molecule has 1 aliphatic rings. The van der Waals surface area contributed by atoms with Gasteiger partial charge in [0, 0.05) is 13.7 Å². The molecule has 0 radical (unpaired) electrons. The second-order valence-electron chi connectivity index (χ2n) is 4.94. The van der Waals surface area contributed by atoms with Gasteiger partial charge in [-0.3, -0.25) is 0 Å². The van der Waals surface area contributed by atoms with Crippen LogP contribution >= 0.6 is 11.8 Å². The Bertz CT molecular complexity index is 333. The van der Waals surface area contributed by atoms with Crippen LogP contribution in [-0.4, -0.2) is 25.2 Å². The van der Waals surface area contributed by atoms with Gasteiger partial charge in [-0.25, -0.2) is 0 Å². The van der Waals surface area contributed by atoms with Gasteiger partial charge in [0.2, 0.25) is 0 Å². The first-order valence-corrected chi connectivity index (χ1v) is 7.89. The van der Waals surface area contributed by atoms with Crippen LogP contribution in [0.2, 0.25) is 0 Å². The molecule has 0 saturated carbocycles. The van der Waals surface area contributed by atoms with Crippen molar-refractivity contribution in [3.8, 4) is 0 Å². The summed E-state index contributed by atoms with van der Waals surface area (Å²) in [6.07, 6.45) is 2.76. The molecule has 1 aromatic rings. The summed E-state index contributed by atoms with van der Waals surface area (Å²) in [4.78, 5) is 0. The highest BCUT2D eigenvalue weighted by molar-refractivity contribution is 7.99. The molecule has 0 bridgehead atoms. The van der Waals surface area contributed by atoms with E-state index < -0.39 is 0 Å². The van der Waals surface area contributed by atoms with Crippen LogP contribution in [0.15, 0.2) is 24.3 Å². The maximum atomic E-state index is 5.11. The standard InChI is InChI=1S/C15H23NOS/c1-17-12-15-4-2-13(3-5-15)10-16-11-14-6-8-18-9-7-14/h2-5,14,16H,6-12H2,1H3. The van der Waals surface area contributed by atoms with Crippen molar-refractivity contribution < 1.29 is 4.74 Å². The molecule has 2 rings (SSSR count). The number of nitrogens with one attached hydrogen (secondary N) is 1. The van der Waals surface area contributed by atoms with Crippen LogP contribution in [0.3, 0.4) is 0 Å². The minimum absolute atomic E-state index is 0.702. The Morgan fingerprint density at radius 1 is 1.17 bits per heavy atom. The molecule has 1 heterocycles. The summed E-state index contributed by atoms with van der Waals surface area (Å²) in [6.45, 7) is 2.85. The molecular formula is C15H23NOS. The van der Waals surface area contributed by atoms with E-state index in [9.17, 15) is 0 Å². The molecule has 1 saturated heterocycles. The van der Waals surface area contributed by atoms with Gasteiger partial charge in [-0.2, -0.15) is 11.8 Å². The number of thioether (sulfide) groups is 1. The van der Waals surface area contributed by atoms with Gasteiger partial charge in [0.25, 0.3) is 0 Å². The molecule has 0 aromatic heterocycles. The van der Waals surface area contributed by atoms with Crippen LogP contribution in [0.1, 0.15) is 24.0 Å². The average Bonchev–Trinajstić information content (AvgIpc) is 2.42. The molecule has 1 aliphatic heterocycles. The molecule has 0 spiro atoms. The minimum atomic E-state index is 0.702. The quantitative estimate of drug-likeness (QED) is 0.854. The number of methoxy groups -OCH3 is 1. The summed E-state index contributed by atoms with van der Waals surface area (Å²) in [6, 6.07) is 8.69. The van der Waals surface area contributed by atoms with Gasteiger partial charge in [0.05, 0.1) is 6.61 Å². The van der Waals surface area contributed by atoms with Crippen molar-refractivity contribution in [2.24, 2.45) is 5.92 Å². The number of hydrogen-bond acceptors (Lipinski definition) is 3. The van der Waals surface area contributed by atoms with Crippen LogP contribution in [0.4, 0.5) is 0 Å². The minimum Gasteiger partial charge on any atom is -0.380 e. The first kappa shape index (κ1) is 13.9. The van der Waals surface area contributed by atoms with E-state index in [0.717, 1.165) is 12.5 Å². The third kappa shape index (κ3) is 4.63. The van der Waals surface area contributed by atoms with Gasteiger partial charge in [-0.1, -0.05) is 24.3 Å². The van der Waals surface area contributed by atoms with Crippen molar-refractivity contribution in [3.63, 3.8) is 0 Å². The monoisotopic (exact) mass is 265 g/mol. The van der Waals surface area contributed by atoms with Gasteiger partial charge >= 0.3 is 0 Å². The molecule has 3 heteroatoms. The van der Waals surface area contributed by atoms with E-state index in [1.54, 1.807) is 7.11 Å². The molecule has 100 valence electrons. The predicted octanol–water partition coefficient (Wildman–Crippen LogP) is 3.07. The van der Waals surface area contributed by atoms with Gasteiger partial charge in [0.1, 0.15) is 0 Å². The van der Waals surface area contributed by atoms with Crippen LogP contribution in [0.5, 0.6) is 0 Å². The Morgan fingerprint density at radius 3 is 2.50 bits per heavy atom. The highest BCUT2D eigenvalue weighted by Gasteiger charge is 2.12. The third-order valence-electron chi connectivity index (χ3n) is 3.44. The molecule has 1 aromatic carbocycles. The Kier molecular flexibility index (Phi) is 6.05. The number of rotatable bonds is 6. The fourth-order valence-electron chi connectivity index (χ4n) is 2.29. The first-order chi connectivity index (χ1) is 8.88. The maximum absolute atomic E-state index is 5.11. The Morgan fingerprint density at radius 2 is 1.83 bits per heavy atom. The summed E-state index contributed by atoms with van der Waals surface area (Å²) in [5, 5.41) is 3.58. The zero-order valence-electron chi connectivity index (χ0n) is 11.2. The lowest BCUT2D eigenvalue weighted by atomic mass is 10.0. The second kappa shape index (κ2) is 7.82. The largest absolute Gasteiger partial charge is 0.380 e. The summed E-state index contributed by atoms with van der Waals surface area (Å²) < 4.78 is 5.11. The summed E-state index contributed by atoms with van der Waals surface area (Å²) >= 11 is 2.10. The molecule has 0 aliphatic carbocycles. The van der Waals surface area contributed by atoms with Gasteiger partial charge in [0.15, 0.2) is 0 Å². The highest BCUT2D eigenvalue weighted by Crippen LogP contribution is 2.21. The third-order valence-corrected chi connectivity index (χ3v) is 4.49. The number of benzene rings is 1. The molecule has 0 unspecified atom stereocenters. The lowest BCUT2D eigenvalue weighted by molar-refractivity contribution is 0.185. The van der Waals surface area contributed by atoms with Crippen LogP contribution in [0.25, 0.3) is 0 Å². The zero-order valence-corrected chi connectivity index (χ0v) is 12.0. The molecule has 0 amide bonds. The van der Waals surface area contributed by atoms with Crippen molar-refractivity contribution in [2.45, 2.75) is 26.0 Å². The first-order valence-electron chi connectivity index (χ1n) is 6.73. The average molecular weight is 265 g/mol. The van der Waals surface area contributed by atoms with E-state index in [1.165, 1.54) is 42.0 Å². The summed E-state index contributed by atoms with van der Waals surface area (Å²) in [5.74, 6) is 3.58. The normalized spacial score (nSPS) is 16.9. The number of ether oxygens (including phenoxy) is 1. The van der Waals surface area contributed by atoms with E-state index in [0.29, 0.717) is 6.61 Å². The lowest BCUT2D eigenvalue weighted by Gasteiger charge is -2.21. The van der Waals surface area contributed by atoms with E-state index in [4.69, 9.17) is 4.74 Å². The van der Waals surface area contributed by atoms with Crippen molar-refractivity contribution in [3.05, 3.63) is 35.4 Å². The Hall–Kier alpha value is -0.510. The molecule has 1 fully saturated rings. The lowest BCUT2D eigenvalue weighted by Crippen LogP contribution is -2.25. The highest BCUT2D eigenvalue weighted by atomic mass is 32.2. The van der Waals surface area contributed by atoms with Crippen LogP contribution in [-0.2, 0) is 17.9 Å². The van der Waals surface area contributed by atoms with E-state index in [-0.39, 0.29) is 0 Å². The SMILES string of the molecule is COCc1ccc(CNCC2CCSCC2)cc1. The van der Waals surface area contributed by atoms with E-state index in [1.807, 2.05) is 0 Å². The molecule has 0 atom stereocenters. The van der Waals surface area contributed by atoms with Gasteiger partial charge < -0.3 is 10.1 Å². The topological polar surface area (TPSA) is 21.3 Å². The smallest absolute Gasteiger partial charge is 0.0713 e. The van der Waals surface area contributed by atoms with Crippen molar-refractivity contribution >= 4 is 11.8 Å². The summed E-state index contributed by atoms with van der Waals surface area (Å²) in [5.41, 5.74) is 2.60. The van der Waals surface area contributed by atoms with Crippen molar-refractivity contribution in [2.75, 3.05) is 25.2 Å². The van der Waals surface area contributed by atoms with Crippen LogP contribution < -0.4 is 5.32 Å².